The normalized spacial score (nSPS) is 16.8. The Morgan fingerprint density at radius 1 is 1.32 bits per heavy atom. The second kappa shape index (κ2) is 7.13. The number of hydrogen-bond acceptors (Lipinski definition) is 5. The number of aromatic nitrogens is 4. The number of unbranched alkanes of at least 4 members (excludes halogenated alkanes) is 1. The molecule has 0 bridgehead atoms. The van der Waals surface area contributed by atoms with Crippen LogP contribution in [0.1, 0.15) is 51.3 Å². The predicted octanol–water partition coefficient (Wildman–Crippen LogP) is 0.618. The van der Waals surface area contributed by atoms with E-state index in [2.05, 4.69) is 22.2 Å². The van der Waals surface area contributed by atoms with E-state index in [9.17, 15) is 14.7 Å². The number of fused-ring (bicyclic) bond motifs is 1. The van der Waals surface area contributed by atoms with Crippen LogP contribution in [-0.2, 0) is 20.1 Å². The fourth-order valence-electron chi connectivity index (χ4n) is 3.68. The van der Waals surface area contributed by atoms with Gasteiger partial charge in [0.15, 0.2) is 11.2 Å². The molecule has 3 rings (SSSR count). The van der Waals surface area contributed by atoms with Gasteiger partial charge in [-0.15, -0.1) is 0 Å². The average Bonchev–Trinajstić information content (AvgIpc) is 3.18. The minimum absolute atomic E-state index is 0.0960. The molecule has 0 spiro atoms. The molecule has 1 fully saturated rings. The first kappa shape index (κ1) is 17.9. The number of nitrogens with one attached hydrogen (secondary N) is 2. The molecular formula is C17H27N5O3. The van der Waals surface area contributed by atoms with Crippen LogP contribution in [0.3, 0.4) is 0 Å². The van der Waals surface area contributed by atoms with Gasteiger partial charge >= 0.3 is 5.69 Å². The van der Waals surface area contributed by atoms with Gasteiger partial charge in [0.25, 0.3) is 5.56 Å². The number of hydrogen-bond donors (Lipinski definition) is 3. The van der Waals surface area contributed by atoms with Gasteiger partial charge in [-0.25, -0.2) is 9.78 Å². The van der Waals surface area contributed by atoms with Gasteiger partial charge < -0.3 is 15.0 Å². The van der Waals surface area contributed by atoms with Crippen molar-refractivity contribution in [1.82, 2.24) is 24.4 Å². The molecule has 2 heterocycles. The third kappa shape index (κ3) is 3.28. The molecule has 0 aromatic carbocycles. The summed E-state index contributed by atoms with van der Waals surface area (Å²) in [4.78, 5) is 31.4. The Bertz CT molecular complexity index is 858. The monoisotopic (exact) mass is 349 g/mol. The zero-order valence-electron chi connectivity index (χ0n) is 15.0. The first-order chi connectivity index (χ1) is 12.0. The van der Waals surface area contributed by atoms with Crippen molar-refractivity contribution in [2.24, 2.45) is 7.05 Å². The van der Waals surface area contributed by atoms with Gasteiger partial charge in [0.05, 0.1) is 13.2 Å². The summed E-state index contributed by atoms with van der Waals surface area (Å²) in [6.07, 6.45) is 5.88. The summed E-state index contributed by atoms with van der Waals surface area (Å²) in [5, 5.41) is 13.2. The van der Waals surface area contributed by atoms with Crippen LogP contribution in [0.2, 0.25) is 0 Å². The Hall–Kier alpha value is -1.93. The summed E-state index contributed by atoms with van der Waals surface area (Å²) in [7, 11) is 1.79. The van der Waals surface area contributed by atoms with Crippen molar-refractivity contribution < 1.29 is 5.11 Å². The Morgan fingerprint density at radius 3 is 2.68 bits per heavy atom. The molecular weight excluding hydrogens is 322 g/mol. The van der Waals surface area contributed by atoms with Crippen LogP contribution in [0, 0.1) is 0 Å². The van der Waals surface area contributed by atoms with E-state index in [1.165, 1.54) is 0 Å². The van der Waals surface area contributed by atoms with Gasteiger partial charge in [-0.1, -0.05) is 26.2 Å². The van der Waals surface area contributed by atoms with Crippen LogP contribution < -0.4 is 16.6 Å². The summed E-state index contributed by atoms with van der Waals surface area (Å²) in [6, 6.07) is 0. The molecule has 0 aliphatic heterocycles. The van der Waals surface area contributed by atoms with Crippen LogP contribution in [0.15, 0.2) is 9.59 Å². The molecule has 2 aromatic rings. The molecule has 25 heavy (non-hydrogen) atoms. The van der Waals surface area contributed by atoms with Gasteiger partial charge in [-0.05, 0) is 19.3 Å². The van der Waals surface area contributed by atoms with Gasteiger partial charge in [0.2, 0.25) is 0 Å². The van der Waals surface area contributed by atoms with Gasteiger partial charge in [-0.2, -0.15) is 0 Å². The van der Waals surface area contributed by atoms with E-state index < -0.39 is 11.2 Å². The quantitative estimate of drug-likeness (QED) is 0.680. The number of imidazole rings is 1. The van der Waals surface area contributed by atoms with E-state index in [0.717, 1.165) is 38.5 Å². The molecule has 8 nitrogen and oxygen atoms in total. The molecule has 3 N–H and O–H groups in total. The number of aryl methyl sites for hydroxylation is 2. The fraction of sp³-hybridized carbons (Fsp3) is 0.706. The Balaban J connectivity index is 1.97. The second-order valence-corrected chi connectivity index (χ2v) is 7.02. The third-order valence-electron chi connectivity index (χ3n) is 5.33. The molecule has 1 aliphatic rings. The summed E-state index contributed by atoms with van der Waals surface area (Å²) < 4.78 is 3.28. The molecule has 138 valence electrons. The van der Waals surface area contributed by atoms with Gasteiger partial charge in [-0.3, -0.25) is 14.3 Å². The predicted molar refractivity (Wildman–Crippen MR) is 95.6 cm³/mol. The lowest BCUT2D eigenvalue weighted by atomic mass is 9.99. The van der Waals surface area contributed by atoms with Gasteiger partial charge in [0.1, 0.15) is 5.82 Å². The van der Waals surface area contributed by atoms with E-state index in [4.69, 9.17) is 0 Å². The van der Waals surface area contributed by atoms with E-state index in [0.29, 0.717) is 30.1 Å². The molecule has 1 saturated carbocycles. The minimum Gasteiger partial charge on any atom is -0.394 e. The molecule has 8 heteroatoms. The highest BCUT2D eigenvalue weighted by Gasteiger charge is 2.33. The minimum atomic E-state index is -0.411. The van der Waals surface area contributed by atoms with Crippen molar-refractivity contribution in [3.05, 3.63) is 26.7 Å². The molecule has 0 amide bonds. The molecule has 1 aliphatic carbocycles. The number of aliphatic hydroxyl groups excluding tert-OH is 1. The maximum Gasteiger partial charge on any atom is 0.330 e. The smallest absolute Gasteiger partial charge is 0.330 e. The van der Waals surface area contributed by atoms with Crippen LogP contribution in [0.5, 0.6) is 0 Å². The zero-order valence-corrected chi connectivity index (χ0v) is 15.0. The molecule has 0 saturated heterocycles. The maximum absolute atomic E-state index is 12.2. The van der Waals surface area contributed by atoms with E-state index >= 15 is 0 Å². The highest BCUT2D eigenvalue weighted by atomic mass is 16.3. The number of aliphatic hydroxyl groups is 1. The third-order valence-corrected chi connectivity index (χ3v) is 5.33. The van der Waals surface area contributed by atoms with Crippen molar-refractivity contribution in [2.75, 3.05) is 6.61 Å². The van der Waals surface area contributed by atoms with Crippen molar-refractivity contribution >= 4 is 11.2 Å². The lowest BCUT2D eigenvalue weighted by Crippen LogP contribution is -2.45. The Morgan fingerprint density at radius 2 is 2.04 bits per heavy atom. The Labute approximate surface area is 145 Å². The highest BCUT2D eigenvalue weighted by Crippen LogP contribution is 2.29. The average molecular weight is 349 g/mol. The van der Waals surface area contributed by atoms with E-state index in [1.807, 2.05) is 0 Å². The molecule has 0 atom stereocenters. The van der Waals surface area contributed by atoms with Crippen molar-refractivity contribution in [2.45, 2.75) is 64.1 Å². The van der Waals surface area contributed by atoms with Crippen LogP contribution in [0.4, 0.5) is 0 Å². The molecule has 0 unspecified atom stereocenters. The number of aromatic amines is 1. The summed E-state index contributed by atoms with van der Waals surface area (Å²) in [6.45, 7) is 3.14. The lowest BCUT2D eigenvalue weighted by molar-refractivity contribution is 0.162. The van der Waals surface area contributed by atoms with Crippen molar-refractivity contribution in [3.8, 4) is 0 Å². The van der Waals surface area contributed by atoms with Crippen LogP contribution in [-0.4, -0.2) is 36.4 Å². The lowest BCUT2D eigenvalue weighted by Gasteiger charge is -2.27. The maximum atomic E-state index is 12.2. The van der Waals surface area contributed by atoms with Crippen LogP contribution >= 0.6 is 0 Å². The molecule has 0 radical (unpaired) electrons. The summed E-state index contributed by atoms with van der Waals surface area (Å²) in [5.41, 5.74) is -0.229. The van der Waals surface area contributed by atoms with Crippen molar-refractivity contribution in [3.63, 3.8) is 0 Å². The second-order valence-electron chi connectivity index (χ2n) is 7.02. The number of H-pyrrole nitrogens is 1. The highest BCUT2D eigenvalue weighted by molar-refractivity contribution is 5.70. The van der Waals surface area contributed by atoms with E-state index in [-0.39, 0.29) is 12.1 Å². The van der Waals surface area contributed by atoms with Gasteiger partial charge in [0, 0.05) is 19.1 Å². The number of nitrogens with zero attached hydrogens (tertiary/aromatic N) is 3. The molecule has 2 aromatic heterocycles. The first-order valence-electron chi connectivity index (χ1n) is 9.05. The largest absolute Gasteiger partial charge is 0.394 e. The standard InChI is InChI=1S/C17H27N5O3/c1-3-4-9-22-14-13(15(24)20-16(22)25)21(2)12(19-14)10-18-17(11-23)7-5-6-8-17/h18,23H,3-11H2,1-2H3,(H,20,24,25). The van der Waals surface area contributed by atoms with Crippen molar-refractivity contribution in [1.29, 1.82) is 0 Å². The van der Waals surface area contributed by atoms with Crippen LogP contribution in [0.25, 0.3) is 11.2 Å². The Kier molecular flexibility index (Phi) is 5.10. The topological polar surface area (TPSA) is 105 Å². The fourth-order valence-corrected chi connectivity index (χ4v) is 3.68. The summed E-state index contributed by atoms with van der Waals surface area (Å²) >= 11 is 0. The SMILES string of the molecule is CCCCn1c(=O)[nH]c(=O)c2c1nc(CNC1(CO)CCCC1)n2C. The first-order valence-corrected chi connectivity index (χ1v) is 9.05. The zero-order chi connectivity index (χ0) is 18.0. The summed E-state index contributed by atoms with van der Waals surface area (Å²) in [5.74, 6) is 0.691. The number of rotatable bonds is 7. The van der Waals surface area contributed by atoms with E-state index in [1.54, 1.807) is 16.2 Å².